The van der Waals surface area contributed by atoms with Crippen LogP contribution in [0.3, 0.4) is 0 Å². The summed E-state index contributed by atoms with van der Waals surface area (Å²) in [6.07, 6.45) is -4.16. The smallest absolute Gasteiger partial charge is 0.300 e. The summed E-state index contributed by atoms with van der Waals surface area (Å²) in [7, 11) is 0. The van der Waals surface area contributed by atoms with E-state index in [1.165, 1.54) is 6.92 Å². The van der Waals surface area contributed by atoms with E-state index in [4.69, 9.17) is 0 Å². The van der Waals surface area contributed by atoms with Gasteiger partial charge in [0.1, 0.15) is 5.78 Å². The van der Waals surface area contributed by atoms with Crippen LogP contribution in [0.5, 0.6) is 0 Å². The van der Waals surface area contributed by atoms with Crippen molar-refractivity contribution in [1.82, 2.24) is 0 Å². The maximum Gasteiger partial charge on any atom is 0.392 e. The molecule has 0 radical (unpaired) electrons. The van der Waals surface area contributed by atoms with Crippen molar-refractivity contribution in [3.63, 3.8) is 0 Å². The van der Waals surface area contributed by atoms with E-state index in [2.05, 4.69) is 0 Å². The lowest BCUT2D eigenvalue weighted by Crippen LogP contribution is -2.13. The Bertz CT molecular complexity index is 161. The standard InChI is InChI=1S/C6H7F3O/c1-3(10)4-2-5(4)6(7,8)9/h4-5H,2H2,1H3/t4-,5+/m1/s1. The Hall–Kier alpha value is -0.540. The van der Waals surface area contributed by atoms with Gasteiger partial charge in [-0.15, -0.1) is 0 Å². The second kappa shape index (κ2) is 1.97. The van der Waals surface area contributed by atoms with E-state index in [1.54, 1.807) is 0 Å². The van der Waals surface area contributed by atoms with Crippen LogP contribution < -0.4 is 0 Å². The largest absolute Gasteiger partial charge is 0.392 e. The molecule has 0 heterocycles. The van der Waals surface area contributed by atoms with Crippen molar-refractivity contribution >= 4 is 5.78 Å². The van der Waals surface area contributed by atoms with Crippen molar-refractivity contribution in [2.75, 3.05) is 0 Å². The lowest BCUT2D eigenvalue weighted by Gasteiger charge is -2.02. The van der Waals surface area contributed by atoms with Crippen molar-refractivity contribution in [3.8, 4) is 0 Å². The molecule has 1 rings (SSSR count). The van der Waals surface area contributed by atoms with Crippen LogP contribution in [0.2, 0.25) is 0 Å². The molecule has 1 fully saturated rings. The number of carbonyl (C=O) groups excluding carboxylic acids is 1. The molecule has 0 aliphatic heterocycles. The first-order valence-electron chi connectivity index (χ1n) is 3.00. The van der Waals surface area contributed by atoms with Crippen LogP contribution in [0.15, 0.2) is 0 Å². The molecular weight excluding hydrogens is 145 g/mol. The average molecular weight is 152 g/mol. The van der Waals surface area contributed by atoms with Gasteiger partial charge in [-0.1, -0.05) is 0 Å². The molecule has 1 saturated carbocycles. The molecule has 0 aromatic rings. The van der Waals surface area contributed by atoms with Gasteiger partial charge < -0.3 is 0 Å². The lowest BCUT2D eigenvalue weighted by molar-refractivity contribution is -0.154. The molecule has 0 N–H and O–H groups in total. The van der Waals surface area contributed by atoms with Gasteiger partial charge in [-0.3, -0.25) is 4.79 Å². The van der Waals surface area contributed by atoms with Crippen LogP contribution in [0.1, 0.15) is 13.3 Å². The minimum atomic E-state index is -4.16. The molecule has 2 atom stereocenters. The van der Waals surface area contributed by atoms with Crippen molar-refractivity contribution in [2.24, 2.45) is 11.8 Å². The zero-order valence-electron chi connectivity index (χ0n) is 5.40. The molecule has 1 nitrogen and oxygen atoms in total. The number of rotatable bonds is 1. The van der Waals surface area contributed by atoms with Gasteiger partial charge >= 0.3 is 6.18 Å². The van der Waals surface area contributed by atoms with Gasteiger partial charge in [0.25, 0.3) is 0 Å². The number of halogens is 3. The predicted octanol–water partition coefficient (Wildman–Crippen LogP) is 1.77. The van der Waals surface area contributed by atoms with Gasteiger partial charge in [0.05, 0.1) is 5.92 Å². The van der Waals surface area contributed by atoms with Crippen LogP contribution in [0, 0.1) is 11.8 Å². The third-order valence-electron chi connectivity index (χ3n) is 1.73. The van der Waals surface area contributed by atoms with Gasteiger partial charge in [-0.2, -0.15) is 13.2 Å². The van der Waals surface area contributed by atoms with E-state index in [-0.39, 0.29) is 12.2 Å². The first-order valence-corrected chi connectivity index (χ1v) is 3.00. The highest BCUT2D eigenvalue weighted by atomic mass is 19.4. The normalized spacial score (nSPS) is 32.0. The van der Waals surface area contributed by atoms with Gasteiger partial charge in [-0.25, -0.2) is 0 Å². The zero-order chi connectivity index (χ0) is 7.94. The number of Topliss-reactive ketones (excluding diaryl/α,β-unsaturated/α-hetero) is 1. The van der Waals surface area contributed by atoms with E-state index in [1.807, 2.05) is 0 Å². The average Bonchev–Trinajstić information content (AvgIpc) is 2.35. The minimum absolute atomic E-state index is 0.00116. The molecule has 0 saturated heterocycles. The molecule has 0 spiro atoms. The van der Waals surface area contributed by atoms with Crippen LogP contribution in [0.4, 0.5) is 13.2 Å². The third kappa shape index (κ3) is 1.30. The van der Waals surface area contributed by atoms with Crippen LogP contribution in [-0.2, 0) is 4.79 Å². The summed E-state index contributed by atoms with van der Waals surface area (Å²) in [6, 6.07) is 0. The highest BCUT2D eigenvalue weighted by Gasteiger charge is 2.57. The maximum absolute atomic E-state index is 11.7. The molecule has 4 heteroatoms. The van der Waals surface area contributed by atoms with Crippen LogP contribution in [0.25, 0.3) is 0 Å². The fourth-order valence-electron chi connectivity index (χ4n) is 1.01. The summed E-state index contributed by atoms with van der Waals surface area (Å²) in [4.78, 5) is 10.4. The quantitative estimate of drug-likeness (QED) is 0.559. The maximum atomic E-state index is 11.7. The Morgan fingerprint density at radius 2 is 2.00 bits per heavy atom. The van der Waals surface area contributed by atoms with E-state index in [0.29, 0.717) is 0 Å². The zero-order valence-corrected chi connectivity index (χ0v) is 5.40. The van der Waals surface area contributed by atoms with Crippen LogP contribution >= 0.6 is 0 Å². The highest BCUT2D eigenvalue weighted by molar-refractivity contribution is 5.81. The van der Waals surface area contributed by atoms with Gasteiger partial charge in [0, 0.05) is 5.92 Å². The number of hydrogen-bond donors (Lipinski definition) is 0. The Kier molecular flexibility index (Phi) is 1.49. The molecule has 0 aromatic heterocycles. The molecule has 10 heavy (non-hydrogen) atoms. The van der Waals surface area contributed by atoms with Crippen molar-refractivity contribution in [1.29, 1.82) is 0 Å². The summed E-state index contributed by atoms with van der Waals surface area (Å²) in [6.45, 7) is 1.20. The fraction of sp³-hybridized carbons (Fsp3) is 0.833. The molecule has 0 bridgehead atoms. The summed E-state index contributed by atoms with van der Waals surface area (Å²) in [5.74, 6) is -2.42. The number of carbonyl (C=O) groups is 1. The molecule has 0 aromatic carbocycles. The topological polar surface area (TPSA) is 17.1 Å². The Balaban J connectivity index is 2.46. The SMILES string of the molecule is CC(=O)[C@H]1C[C@@H]1C(F)(F)F. The molecule has 0 amide bonds. The number of ketones is 1. The van der Waals surface area contributed by atoms with Gasteiger partial charge in [0.15, 0.2) is 0 Å². The number of hydrogen-bond acceptors (Lipinski definition) is 1. The van der Waals surface area contributed by atoms with E-state index >= 15 is 0 Å². The second-order valence-electron chi connectivity index (χ2n) is 2.60. The molecule has 58 valence electrons. The highest BCUT2D eigenvalue weighted by Crippen LogP contribution is 2.50. The summed E-state index contributed by atoms with van der Waals surface area (Å²) >= 11 is 0. The first kappa shape index (κ1) is 7.57. The monoisotopic (exact) mass is 152 g/mol. The summed E-state index contributed by atoms with van der Waals surface area (Å²) in [5.41, 5.74) is 0. The summed E-state index contributed by atoms with van der Waals surface area (Å²) < 4.78 is 35.1. The molecule has 1 aliphatic rings. The predicted molar refractivity (Wildman–Crippen MR) is 28.3 cm³/mol. The summed E-state index contributed by atoms with van der Waals surface area (Å²) in [5, 5.41) is 0. The van der Waals surface area contributed by atoms with Crippen molar-refractivity contribution < 1.29 is 18.0 Å². The Morgan fingerprint density at radius 3 is 2.10 bits per heavy atom. The molecule has 0 unspecified atom stereocenters. The third-order valence-corrected chi connectivity index (χ3v) is 1.73. The lowest BCUT2D eigenvalue weighted by atomic mass is 10.2. The van der Waals surface area contributed by atoms with Crippen LogP contribution in [-0.4, -0.2) is 12.0 Å². The number of alkyl halides is 3. The van der Waals surface area contributed by atoms with Crippen molar-refractivity contribution in [3.05, 3.63) is 0 Å². The first-order chi connectivity index (χ1) is 4.43. The molecule has 1 aliphatic carbocycles. The molecular formula is C6H7F3O. The van der Waals surface area contributed by atoms with Crippen molar-refractivity contribution in [2.45, 2.75) is 19.5 Å². The Labute approximate surface area is 56.2 Å². The van der Waals surface area contributed by atoms with Gasteiger partial charge in [0.2, 0.25) is 0 Å². The Morgan fingerprint density at radius 1 is 1.50 bits per heavy atom. The van der Waals surface area contributed by atoms with E-state index < -0.39 is 18.0 Å². The second-order valence-corrected chi connectivity index (χ2v) is 2.60. The minimum Gasteiger partial charge on any atom is -0.300 e. The van der Waals surface area contributed by atoms with Gasteiger partial charge in [-0.05, 0) is 13.3 Å². The van der Waals surface area contributed by atoms with E-state index in [9.17, 15) is 18.0 Å². The fourth-order valence-corrected chi connectivity index (χ4v) is 1.01. The van der Waals surface area contributed by atoms with E-state index in [0.717, 1.165) is 0 Å².